The number of carbonyl (C=O) groups excluding carboxylic acids is 2. The topological polar surface area (TPSA) is 80.1 Å². The van der Waals surface area contributed by atoms with Gasteiger partial charge < -0.3 is 10.2 Å². The number of benzene rings is 2. The van der Waals surface area contributed by atoms with Gasteiger partial charge in [-0.2, -0.15) is 5.10 Å². The Morgan fingerprint density at radius 1 is 1.09 bits per heavy atom. The van der Waals surface area contributed by atoms with E-state index in [1.165, 1.54) is 17.7 Å². The fraction of sp³-hybridized carbons (Fsp3) is 0.167. The lowest BCUT2D eigenvalue weighted by Gasteiger charge is -2.25. The van der Waals surface area contributed by atoms with Crippen molar-refractivity contribution in [1.82, 2.24) is 25.0 Å². The highest BCUT2D eigenvalue weighted by atomic mass is 32.1. The molecule has 1 unspecified atom stereocenters. The van der Waals surface area contributed by atoms with E-state index in [1.54, 1.807) is 41.2 Å². The highest BCUT2D eigenvalue weighted by Gasteiger charge is 2.19. The molecule has 2 heterocycles. The Morgan fingerprint density at radius 2 is 1.84 bits per heavy atom. The van der Waals surface area contributed by atoms with E-state index in [-0.39, 0.29) is 17.9 Å². The van der Waals surface area contributed by atoms with Crippen LogP contribution in [0.25, 0.3) is 5.69 Å². The zero-order valence-electron chi connectivity index (χ0n) is 17.8. The molecule has 8 heteroatoms. The number of rotatable bonds is 7. The maximum absolute atomic E-state index is 13.0. The van der Waals surface area contributed by atoms with Gasteiger partial charge in [-0.25, -0.2) is 9.67 Å². The third kappa shape index (κ3) is 4.76. The lowest BCUT2D eigenvalue weighted by molar-refractivity contribution is 0.0742. The second-order valence-corrected chi connectivity index (χ2v) is 8.33. The molecule has 0 aliphatic heterocycles. The molecule has 2 aromatic heterocycles. The van der Waals surface area contributed by atoms with Gasteiger partial charge in [0.15, 0.2) is 0 Å². The Morgan fingerprint density at radius 3 is 2.47 bits per heavy atom. The molecular weight excluding hydrogens is 422 g/mol. The van der Waals surface area contributed by atoms with E-state index in [1.807, 2.05) is 54.8 Å². The van der Waals surface area contributed by atoms with Crippen molar-refractivity contribution >= 4 is 23.2 Å². The molecule has 2 aromatic carbocycles. The number of hydrogen-bond donors (Lipinski definition) is 1. The van der Waals surface area contributed by atoms with E-state index in [9.17, 15) is 9.59 Å². The van der Waals surface area contributed by atoms with Crippen molar-refractivity contribution in [3.8, 4) is 5.69 Å². The van der Waals surface area contributed by atoms with Gasteiger partial charge in [-0.05, 0) is 53.8 Å². The first-order chi connectivity index (χ1) is 15.5. The summed E-state index contributed by atoms with van der Waals surface area (Å²) in [7, 11) is 1.80. The van der Waals surface area contributed by atoms with Crippen LogP contribution >= 0.6 is 11.3 Å². The van der Waals surface area contributed by atoms with Gasteiger partial charge in [0.2, 0.25) is 0 Å². The lowest BCUT2D eigenvalue weighted by Crippen LogP contribution is -2.29. The molecular formula is C24H23N5O2S. The summed E-state index contributed by atoms with van der Waals surface area (Å²) in [5.74, 6) is -0.157. The van der Waals surface area contributed by atoms with Crippen molar-refractivity contribution in [3.63, 3.8) is 0 Å². The van der Waals surface area contributed by atoms with Gasteiger partial charge in [0.05, 0.1) is 16.6 Å². The molecule has 7 nitrogen and oxygen atoms in total. The van der Waals surface area contributed by atoms with E-state index in [4.69, 9.17) is 0 Å². The summed E-state index contributed by atoms with van der Waals surface area (Å²) >= 11 is 1.41. The fourth-order valence-corrected chi connectivity index (χ4v) is 3.93. The minimum absolute atomic E-state index is 0.0629. The summed E-state index contributed by atoms with van der Waals surface area (Å²) in [5.41, 5.74) is 3.48. The molecule has 1 N–H and O–H groups in total. The third-order valence-electron chi connectivity index (χ3n) is 5.36. The maximum Gasteiger partial charge on any atom is 0.261 e. The smallest absolute Gasteiger partial charge is 0.261 e. The number of hydrogen-bond acceptors (Lipinski definition) is 5. The summed E-state index contributed by atoms with van der Waals surface area (Å²) in [5, 5.41) is 8.89. The molecule has 4 rings (SSSR count). The quantitative estimate of drug-likeness (QED) is 0.465. The van der Waals surface area contributed by atoms with E-state index < -0.39 is 0 Å². The van der Waals surface area contributed by atoms with Crippen LogP contribution < -0.4 is 5.32 Å². The molecule has 0 saturated heterocycles. The zero-order valence-corrected chi connectivity index (χ0v) is 18.6. The molecule has 0 fully saturated rings. The van der Waals surface area contributed by atoms with Crippen LogP contribution in [0.2, 0.25) is 0 Å². The van der Waals surface area contributed by atoms with Crippen LogP contribution in [0.1, 0.15) is 44.1 Å². The predicted molar refractivity (Wildman–Crippen MR) is 124 cm³/mol. The summed E-state index contributed by atoms with van der Waals surface area (Å²) in [6, 6.07) is 18.8. The standard InChI is InChI=1S/C24H23N5O2S/c1-17(19-9-11-21(12-10-19)29-16-25-15-27-29)28(2)24(31)20-7-5-18(6-8-20)14-26-23(30)22-4-3-13-32-22/h3-13,15-17H,14H2,1-2H3,(H,26,30). The van der Waals surface area contributed by atoms with Crippen molar-refractivity contribution in [2.75, 3.05) is 7.05 Å². The van der Waals surface area contributed by atoms with Gasteiger partial charge in [0.1, 0.15) is 12.7 Å². The van der Waals surface area contributed by atoms with Crippen molar-refractivity contribution in [2.45, 2.75) is 19.5 Å². The summed E-state index contributed by atoms with van der Waals surface area (Å²) in [4.78, 5) is 31.4. The molecule has 32 heavy (non-hydrogen) atoms. The second kappa shape index (κ2) is 9.57. The van der Waals surface area contributed by atoms with Crippen LogP contribution in [0.15, 0.2) is 78.7 Å². The van der Waals surface area contributed by atoms with Crippen molar-refractivity contribution in [1.29, 1.82) is 0 Å². The van der Waals surface area contributed by atoms with E-state index >= 15 is 0 Å². The molecule has 4 aromatic rings. The number of aromatic nitrogens is 3. The highest BCUT2D eigenvalue weighted by molar-refractivity contribution is 7.12. The molecule has 1 atom stereocenters. The molecule has 2 amide bonds. The second-order valence-electron chi connectivity index (χ2n) is 7.38. The number of amides is 2. The minimum atomic E-state index is -0.0999. The molecule has 0 spiro atoms. The summed E-state index contributed by atoms with van der Waals surface area (Å²) in [6.07, 6.45) is 3.14. The van der Waals surface area contributed by atoms with E-state index in [0.717, 1.165) is 16.8 Å². The van der Waals surface area contributed by atoms with Gasteiger partial charge in [-0.15, -0.1) is 11.3 Å². The van der Waals surface area contributed by atoms with Gasteiger partial charge in [0, 0.05) is 19.2 Å². The summed E-state index contributed by atoms with van der Waals surface area (Å²) < 4.78 is 1.69. The zero-order chi connectivity index (χ0) is 22.5. The lowest BCUT2D eigenvalue weighted by atomic mass is 10.0. The third-order valence-corrected chi connectivity index (χ3v) is 6.23. The highest BCUT2D eigenvalue weighted by Crippen LogP contribution is 2.22. The Kier molecular flexibility index (Phi) is 6.42. The minimum Gasteiger partial charge on any atom is -0.347 e. The Bertz CT molecular complexity index is 1170. The van der Waals surface area contributed by atoms with Gasteiger partial charge >= 0.3 is 0 Å². The summed E-state index contributed by atoms with van der Waals surface area (Å²) in [6.45, 7) is 2.41. The van der Waals surface area contributed by atoms with Crippen LogP contribution in [-0.2, 0) is 6.54 Å². The van der Waals surface area contributed by atoms with Crippen LogP contribution in [0.3, 0.4) is 0 Å². The molecule has 0 bridgehead atoms. The average molecular weight is 446 g/mol. The first-order valence-electron chi connectivity index (χ1n) is 10.2. The van der Waals surface area contributed by atoms with Crippen molar-refractivity contribution in [3.05, 3.63) is 100 Å². The van der Waals surface area contributed by atoms with E-state index in [2.05, 4.69) is 15.4 Å². The van der Waals surface area contributed by atoms with Gasteiger partial charge in [-0.3, -0.25) is 9.59 Å². The number of carbonyl (C=O) groups is 2. The van der Waals surface area contributed by atoms with Crippen molar-refractivity contribution in [2.24, 2.45) is 0 Å². The Balaban J connectivity index is 1.37. The van der Waals surface area contributed by atoms with Crippen LogP contribution in [0, 0.1) is 0 Å². The van der Waals surface area contributed by atoms with Gasteiger partial charge in [-0.1, -0.05) is 30.3 Å². The molecule has 0 saturated carbocycles. The molecule has 162 valence electrons. The van der Waals surface area contributed by atoms with Gasteiger partial charge in [0.25, 0.3) is 11.8 Å². The Labute approximate surface area is 190 Å². The van der Waals surface area contributed by atoms with Crippen LogP contribution in [0.5, 0.6) is 0 Å². The first kappa shape index (κ1) is 21.5. The monoisotopic (exact) mass is 445 g/mol. The predicted octanol–water partition coefficient (Wildman–Crippen LogP) is 4.09. The first-order valence-corrected chi connectivity index (χ1v) is 11.0. The molecule has 0 aliphatic carbocycles. The number of nitrogens with one attached hydrogen (secondary N) is 1. The largest absolute Gasteiger partial charge is 0.347 e. The fourth-order valence-electron chi connectivity index (χ4n) is 3.29. The van der Waals surface area contributed by atoms with E-state index in [0.29, 0.717) is 17.0 Å². The number of nitrogens with zero attached hydrogens (tertiary/aromatic N) is 4. The normalized spacial score (nSPS) is 11.7. The maximum atomic E-state index is 13.0. The van der Waals surface area contributed by atoms with Crippen LogP contribution in [-0.4, -0.2) is 38.5 Å². The SMILES string of the molecule is CC(c1ccc(-n2cncn2)cc1)N(C)C(=O)c1ccc(CNC(=O)c2cccs2)cc1. The Hall–Kier alpha value is -3.78. The molecule has 0 aliphatic rings. The average Bonchev–Trinajstić information content (AvgIpc) is 3.56. The number of thiophene rings is 1. The molecule has 0 radical (unpaired) electrons. The van der Waals surface area contributed by atoms with Crippen LogP contribution in [0.4, 0.5) is 0 Å². The van der Waals surface area contributed by atoms with Crippen molar-refractivity contribution < 1.29 is 9.59 Å².